The minimum absolute atomic E-state index is 0.0139. The number of amides is 1. The van der Waals surface area contributed by atoms with Gasteiger partial charge in [0, 0.05) is 18.7 Å². The number of carbonyl (C=O) groups excluding carboxylic acids is 1. The van der Waals surface area contributed by atoms with Crippen LogP contribution in [0, 0.1) is 0 Å². The predicted octanol–water partition coefficient (Wildman–Crippen LogP) is 6.04. The van der Waals surface area contributed by atoms with Crippen molar-refractivity contribution in [3.63, 3.8) is 0 Å². The Morgan fingerprint density at radius 2 is 1.69 bits per heavy atom. The summed E-state index contributed by atoms with van der Waals surface area (Å²) in [6, 6.07) is 18.1. The fraction of sp³-hybridized carbons (Fsp3) is 0.200. The first-order chi connectivity index (χ1) is 15.4. The summed E-state index contributed by atoms with van der Waals surface area (Å²) < 4.78 is 43.7. The van der Waals surface area contributed by atoms with E-state index in [1.807, 2.05) is 36.4 Å². The van der Waals surface area contributed by atoms with Gasteiger partial charge < -0.3 is 10.1 Å². The minimum Gasteiger partial charge on any atom is -0.449 e. The molecule has 1 aromatic heterocycles. The second-order valence-electron chi connectivity index (χ2n) is 7.41. The van der Waals surface area contributed by atoms with Gasteiger partial charge in [0.2, 0.25) is 0 Å². The quantitative estimate of drug-likeness (QED) is 0.477. The normalized spacial score (nSPS) is 13.1. The van der Waals surface area contributed by atoms with Crippen molar-refractivity contribution in [3.8, 4) is 11.1 Å². The van der Waals surface area contributed by atoms with Crippen LogP contribution in [0.25, 0.3) is 17.2 Å². The van der Waals surface area contributed by atoms with E-state index in [1.165, 1.54) is 6.08 Å². The summed E-state index contributed by atoms with van der Waals surface area (Å²) >= 11 is 0. The maximum Gasteiger partial charge on any atom is 0.416 e. The molecule has 4 rings (SSSR count). The average molecular weight is 438 g/mol. The topological polar surface area (TPSA) is 51.2 Å². The van der Waals surface area contributed by atoms with E-state index in [4.69, 9.17) is 4.74 Å². The molecule has 164 valence electrons. The van der Waals surface area contributed by atoms with E-state index in [9.17, 15) is 18.0 Å². The first kappa shape index (κ1) is 21.6. The summed E-state index contributed by atoms with van der Waals surface area (Å²) in [7, 11) is 0. The standard InChI is InChI=1S/C25H21F3N2O2/c26-25(27,28)17-12-14-29-18(15-17)7-5-6-13-30-24(31)32-16-23-21-10-3-1-8-19(21)20-9-2-4-11-22(20)23/h1-5,7-12,14-15,23H,6,13,16H2,(H,30,31). The van der Waals surface area contributed by atoms with Crippen LogP contribution in [0.1, 0.15) is 34.7 Å². The Kier molecular flexibility index (Phi) is 6.25. The Hall–Kier alpha value is -3.61. The van der Waals surface area contributed by atoms with E-state index in [0.29, 0.717) is 13.0 Å². The van der Waals surface area contributed by atoms with E-state index in [0.717, 1.165) is 40.6 Å². The predicted molar refractivity (Wildman–Crippen MR) is 116 cm³/mol. The Morgan fingerprint density at radius 1 is 1.03 bits per heavy atom. The number of hydrogen-bond donors (Lipinski definition) is 1. The van der Waals surface area contributed by atoms with Gasteiger partial charge in [0.25, 0.3) is 0 Å². The van der Waals surface area contributed by atoms with Crippen molar-refractivity contribution >= 4 is 12.2 Å². The monoisotopic (exact) mass is 438 g/mol. The zero-order valence-electron chi connectivity index (χ0n) is 17.1. The molecule has 0 fully saturated rings. The van der Waals surface area contributed by atoms with Gasteiger partial charge in [0.05, 0.1) is 11.3 Å². The van der Waals surface area contributed by atoms with E-state index in [2.05, 4.69) is 22.4 Å². The smallest absolute Gasteiger partial charge is 0.416 e. The second-order valence-corrected chi connectivity index (χ2v) is 7.41. The number of nitrogens with zero attached hydrogens (tertiary/aromatic N) is 1. The van der Waals surface area contributed by atoms with E-state index < -0.39 is 17.8 Å². The van der Waals surface area contributed by atoms with Crippen LogP contribution in [0.2, 0.25) is 0 Å². The van der Waals surface area contributed by atoms with Crippen molar-refractivity contribution in [1.82, 2.24) is 10.3 Å². The van der Waals surface area contributed by atoms with Crippen molar-refractivity contribution in [1.29, 1.82) is 0 Å². The van der Waals surface area contributed by atoms with Crippen LogP contribution in [0.5, 0.6) is 0 Å². The molecule has 2 aromatic carbocycles. The first-order valence-electron chi connectivity index (χ1n) is 10.2. The molecule has 32 heavy (non-hydrogen) atoms. The third-order valence-corrected chi connectivity index (χ3v) is 5.32. The molecule has 0 atom stereocenters. The molecule has 4 nitrogen and oxygen atoms in total. The molecule has 0 saturated carbocycles. The number of alkyl halides is 3. The number of rotatable bonds is 6. The maximum atomic E-state index is 12.7. The van der Waals surface area contributed by atoms with Crippen molar-refractivity contribution in [2.24, 2.45) is 0 Å². The van der Waals surface area contributed by atoms with Crippen molar-refractivity contribution in [2.75, 3.05) is 13.2 Å². The van der Waals surface area contributed by atoms with Crippen molar-refractivity contribution < 1.29 is 22.7 Å². The molecule has 0 aliphatic heterocycles. The molecule has 0 spiro atoms. The van der Waals surface area contributed by atoms with Crippen LogP contribution in [-0.4, -0.2) is 24.2 Å². The molecule has 1 amide bonds. The summed E-state index contributed by atoms with van der Waals surface area (Å²) in [6.45, 7) is 0.524. The highest BCUT2D eigenvalue weighted by molar-refractivity contribution is 5.79. The number of fused-ring (bicyclic) bond motifs is 3. The van der Waals surface area contributed by atoms with E-state index in [-0.39, 0.29) is 18.2 Å². The molecule has 1 aliphatic rings. The lowest BCUT2D eigenvalue weighted by molar-refractivity contribution is -0.137. The molecule has 0 bridgehead atoms. The lowest BCUT2D eigenvalue weighted by atomic mass is 9.98. The summed E-state index contributed by atoms with van der Waals surface area (Å²) in [5.74, 6) is -0.0139. The van der Waals surface area contributed by atoms with Crippen LogP contribution in [0.4, 0.5) is 18.0 Å². The van der Waals surface area contributed by atoms with Gasteiger partial charge >= 0.3 is 12.3 Å². The molecule has 0 saturated heterocycles. The lowest BCUT2D eigenvalue weighted by Crippen LogP contribution is -2.26. The number of nitrogens with one attached hydrogen (secondary N) is 1. The molecule has 3 aromatic rings. The van der Waals surface area contributed by atoms with Gasteiger partial charge in [0.15, 0.2) is 0 Å². The Bertz CT molecular complexity index is 1100. The van der Waals surface area contributed by atoms with Crippen molar-refractivity contribution in [2.45, 2.75) is 18.5 Å². The molecule has 0 radical (unpaired) electrons. The van der Waals surface area contributed by atoms with Gasteiger partial charge in [-0.3, -0.25) is 4.98 Å². The fourth-order valence-electron chi connectivity index (χ4n) is 3.83. The Morgan fingerprint density at radius 3 is 2.34 bits per heavy atom. The molecule has 0 unspecified atom stereocenters. The Labute approximate surface area is 183 Å². The zero-order chi connectivity index (χ0) is 22.6. The molecule has 1 N–H and O–H groups in total. The minimum atomic E-state index is -4.41. The van der Waals surface area contributed by atoms with E-state index >= 15 is 0 Å². The van der Waals surface area contributed by atoms with Gasteiger partial charge in [-0.05, 0) is 46.9 Å². The van der Waals surface area contributed by atoms with Crippen LogP contribution in [0.3, 0.4) is 0 Å². The number of alkyl carbamates (subject to hydrolysis) is 1. The molecule has 1 aliphatic carbocycles. The number of halogens is 3. The zero-order valence-corrected chi connectivity index (χ0v) is 17.1. The van der Waals surface area contributed by atoms with Gasteiger partial charge in [-0.15, -0.1) is 0 Å². The van der Waals surface area contributed by atoms with Crippen LogP contribution < -0.4 is 5.32 Å². The van der Waals surface area contributed by atoms with Gasteiger partial charge in [-0.25, -0.2) is 4.79 Å². The van der Waals surface area contributed by atoms with Crippen LogP contribution in [-0.2, 0) is 10.9 Å². The SMILES string of the molecule is O=C(NCCC=Cc1cc(C(F)(F)F)ccn1)OCC1c2ccccc2-c2ccccc21. The highest BCUT2D eigenvalue weighted by Gasteiger charge is 2.30. The highest BCUT2D eigenvalue weighted by atomic mass is 19.4. The average Bonchev–Trinajstić information content (AvgIpc) is 3.11. The molecular formula is C25H21F3N2O2. The van der Waals surface area contributed by atoms with E-state index in [1.54, 1.807) is 6.08 Å². The largest absolute Gasteiger partial charge is 0.449 e. The molecular weight excluding hydrogens is 417 g/mol. The fourth-order valence-corrected chi connectivity index (χ4v) is 3.83. The van der Waals surface area contributed by atoms with Crippen LogP contribution in [0.15, 0.2) is 72.9 Å². The highest BCUT2D eigenvalue weighted by Crippen LogP contribution is 2.44. The first-order valence-corrected chi connectivity index (χ1v) is 10.2. The number of carbonyl (C=O) groups is 1. The Balaban J connectivity index is 1.26. The van der Waals surface area contributed by atoms with Crippen molar-refractivity contribution in [3.05, 3.63) is 95.3 Å². The molecule has 7 heteroatoms. The third-order valence-electron chi connectivity index (χ3n) is 5.32. The van der Waals surface area contributed by atoms with Gasteiger partial charge in [-0.1, -0.05) is 54.6 Å². The number of ether oxygens (including phenoxy) is 1. The number of benzene rings is 2. The summed E-state index contributed by atoms with van der Waals surface area (Å²) in [6.07, 6.45) is -0.227. The number of pyridine rings is 1. The summed E-state index contributed by atoms with van der Waals surface area (Å²) in [5.41, 5.74) is 4.05. The number of aromatic nitrogens is 1. The number of hydrogen-bond acceptors (Lipinski definition) is 3. The van der Waals surface area contributed by atoms with Crippen LogP contribution >= 0.6 is 0 Å². The van der Waals surface area contributed by atoms with Gasteiger partial charge in [0.1, 0.15) is 6.61 Å². The second kappa shape index (κ2) is 9.26. The summed E-state index contributed by atoms with van der Waals surface area (Å²) in [4.78, 5) is 16.0. The lowest BCUT2D eigenvalue weighted by Gasteiger charge is -2.14. The third kappa shape index (κ3) is 4.82. The molecule has 1 heterocycles. The maximum absolute atomic E-state index is 12.7. The summed E-state index contributed by atoms with van der Waals surface area (Å²) in [5, 5.41) is 2.66. The van der Waals surface area contributed by atoms with Gasteiger partial charge in [-0.2, -0.15) is 13.2 Å².